The first-order valence-electron chi connectivity index (χ1n) is 7.14. The molecular formula is C14H23BN2O2. The molecule has 4 nitrogen and oxygen atoms in total. The average molecular weight is 262 g/mol. The summed E-state index contributed by atoms with van der Waals surface area (Å²) >= 11 is 0. The first kappa shape index (κ1) is 13.2. The SMILES string of the molecule is CC1(n2cc(B3OC(C)(C)C(C)(C)O3)cn2)CCC1. The molecule has 0 atom stereocenters. The molecule has 0 amide bonds. The van der Waals surface area contributed by atoms with Crippen molar-refractivity contribution in [1.29, 1.82) is 0 Å². The van der Waals surface area contributed by atoms with Gasteiger partial charge < -0.3 is 9.31 Å². The fraction of sp³-hybridized carbons (Fsp3) is 0.786. The lowest BCUT2D eigenvalue weighted by Crippen LogP contribution is -2.41. The summed E-state index contributed by atoms with van der Waals surface area (Å²) in [4.78, 5) is 0. The molecule has 0 spiro atoms. The summed E-state index contributed by atoms with van der Waals surface area (Å²) in [5, 5.41) is 4.51. The summed E-state index contributed by atoms with van der Waals surface area (Å²) in [6.45, 7) is 10.6. The van der Waals surface area contributed by atoms with Crippen LogP contribution < -0.4 is 5.46 Å². The molecule has 1 saturated heterocycles. The molecule has 1 aliphatic carbocycles. The Kier molecular flexibility index (Phi) is 2.68. The van der Waals surface area contributed by atoms with Crippen LogP contribution in [0.3, 0.4) is 0 Å². The molecule has 0 unspecified atom stereocenters. The van der Waals surface area contributed by atoms with E-state index in [2.05, 4.69) is 50.6 Å². The Balaban J connectivity index is 1.81. The lowest BCUT2D eigenvalue weighted by atomic mass is 9.78. The van der Waals surface area contributed by atoms with Crippen molar-refractivity contribution in [2.75, 3.05) is 0 Å². The monoisotopic (exact) mass is 262 g/mol. The molecule has 5 heteroatoms. The molecule has 0 radical (unpaired) electrons. The second-order valence-electron chi connectivity index (χ2n) is 7.16. The Morgan fingerprint density at radius 1 is 1.11 bits per heavy atom. The van der Waals surface area contributed by atoms with E-state index in [1.54, 1.807) is 0 Å². The summed E-state index contributed by atoms with van der Waals surface area (Å²) in [5.74, 6) is 0. The van der Waals surface area contributed by atoms with Gasteiger partial charge in [0.25, 0.3) is 0 Å². The maximum atomic E-state index is 6.05. The fourth-order valence-corrected chi connectivity index (χ4v) is 2.65. The summed E-state index contributed by atoms with van der Waals surface area (Å²) in [7, 11) is -0.303. The van der Waals surface area contributed by atoms with E-state index in [1.165, 1.54) is 19.3 Å². The summed E-state index contributed by atoms with van der Waals surface area (Å²) < 4.78 is 14.2. The maximum Gasteiger partial charge on any atom is 0.498 e. The van der Waals surface area contributed by atoms with E-state index in [0.29, 0.717) is 0 Å². The zero-order chi connectivity index (χ0) is 13.9. The third-order valence-electron chi connectivity index (χ3n) is 5.11. The van der Waals surface area contributed by atoms with E-state index < -0.39 is 0 Å². The van der Waals surface area contributed by atoms with Crippen LogP contribution in [0.25, 0.3) is 0 Å². The quantitative estimate of drug-likeness (QED) is 0.765. The van der Waals surface area contributed by atoms with Crippen LogP contribution in [0.15, 0.2) is 12.4 Å². The van der Waals surface area contributed by atoms with Crippen LogP contribution in [-0.4, -0.2) is 28.1 Å². The van der Waals surface area contributed by atoms with Crippen molar-refractivity contribution in [2.24, 2.45) is 0 Å². The second kappa shape index (κ2) is 3.86. The number of hydrogen-bond donors (Lipinski definition) is 0. The van der Waals surface area contributed by atoms with Gasteiger partial charge in [0.1, 0.15) is 0 Å². The normalized spacial score (nSPS) is 27.3. The molecule has 1 aromatic heterocycles. The number of rotatable bonds is 2. The van der Waals surface area contributed by atoms with Crippen LogP contribution in [0, 0.1) is 0 Å². The summed E-state index contributed by atoms with van der Waals surface area (Å²) in [6, 6.07) is 0. The van der Waals surface area contributed by atoms with Gasteiger partial charge in [-0.15, -0.1) is 0 Å². The van der Waals surface area contributed by atoms with E-state index in [1.807, 2.05) is 6.20 Å². The van der Waals surface area contributed by atoms with Crippen LogP contribution in [0.5, 0.6) is 0 Å². The molecule has 2 heterocycles. The van der Waals surface area contributed by atoms with Gasteiger partial charge in [-0.3, -0.25) is 4.68 Å². The third-order valence-corrected chi connectivity index (χ3v) is 5.11. The predicted octanol–water partition coefficient (Wildman–Crippen LogP) is 2.08. The van der Waals surface area contributed by atoms with Crippen molar-refractivity contribution in [1.82, 2.24) is 9.78 Å². The smallest absolute Gasteiger partial charge is 0.399 e. The summed E-state index contributed by atoms with van der Waals surface area (Å²) in [6.07, 6.45) is 7.67. The van der Waals surface area contributed by atoms with Crippen LogP contribution in [0.1, 0.15) is 53.9 Å². The third kappa shape index (κ3) is 1.94. The molecule has 0 bridgehead atoms. The minimum absolute atomic E-state index is 0.196. The van der Waals surface area contributed by atoms with E-state index in [9.17, 15) is 0 Å². The zero-order valence-electron chi connectivity index (χ0n) is 12.6. The Labute approximate surface area is 115 Å². The highest BCUT2D eigenvalue weighted by Gasteiger charge is 2.52. The number of nitrogens with zero attached hydrogens (tertiary/aromatic N) is 2. The van der Waals surface area contributed by atoms with Crippen LogP contribution in [0.4, 0.5) is 0 Å². The van der Waals surface area contributed by atoms with Gasteiger partial charge in [0.15, 0.2) is 0 Å². The summed E-state index contributed by atoms with van der Waals surface area (Å²) in [5.41, 5.74) is 0.633. The first-order chi connectivity index (χ1) is 8.74. The van der Waals surface area contributed by atoms with Crippen molar-refractivity contribution in [3.63, 3.8) is 0 Å². The molecule has 1 aromatic rings. The number of hydrogen-bond acceptors (Lipinski definition) is 3. The molecule has 3 rings (SSSR count). The van der Waals surface area contributed by atoms with Crippen LogP contribution in [-0.2, 0) is 14.8 Å². The highest BCUT2D eigenvalue weighted by atomic mass is 16.7. The molecule has 2 aliphatic rings. The average Bonchev–Trinajstić information content (AvgIpc) is 2.79. The Bertz CT molecular complexity index is 475. The van der Waals surface area contributed by atoms with E-state index in [4.69, 9.17) is 9.31 Å². The van der Waals surface area contributed by atoms with Crippen molar-refractivity contribution in [2.45, 2.75) is 70.6 Å². The minimum Gasteiger partial charge on any atom is -0.399 e. The van der Waals surface area contributed by atoms with Gasteiger partial charge in [0, 0.05) is 17.9 Å². The molecule has 0 aromatic carbocycles. The van der Waals surface area contributed by atoms with Gasteiger partial charge in [0.2, 0.25) is 0 Å². The standard InChI is InChI=1S/C14H23BN2O2/c1-12(2)13(3,4)19-15(18-12)11-9-16-17(10-11)14(5)7-6-8-14/h9-10H,6-8H2,1-5H3. The largest absolute Gasteiger partial charge is 0.498 e. The lowest BCUT2D eigenvalue weighted by molar-refractivity contribution is 0.00578. The van der Waals surface area contributed by atoms with Crippen molar-refractivity contribution in [3.8, 4) is 0 Å². The second-order valence-corrected chi connectivity index (χ2v) is 7.16. The van der Waals surface area contributed by atoms with E-state index in [-0.39, 0.29) is 23.9 Å². The highest BCUT2D eigenvalue weighted by Crippen LogP contribution is 2.39. The van der Waals surface area contributed by atoms with Crippen LogP contribution in [0.2, 0.25) is 0 Å². The molecular weight excluding hydrogens is 239 g/mol. The van der Waals surface area contributed by atoms with E-state index >= 15 is 0 Å². The fourth-order valence-electron chi connectivity index (χ4n) is 2.65. The lowest BCUT2D eigenvalue weighted by Gasteiger charge is -2.38. The van der Waals surface area contributed by atoms with Gasteiger partial charge in [-0.25, -0.2) is 0 Å². The van der Waals surface area contributed by atoms with Crippen LogP contribution >= 0.6 is 0 Å². The molecule has 0 N–H and O–H groups in total. The zero-order valence-corrected chi connectivity index (χ0v) is 12.6. The van der Waals surface area contributed by atoms with Gasteiger partial charge >= 0.3 is 7.12 Å². The van der Waals surface area contributed by atoms with Gasteiger partial charge in [0.05, 0.1) is 16.7 Å². The number of aromatic nitrogens is 2. The molecule has 19 heavy (non-hydrogen) atoms. The first-order valence-corrected chi connectivity index (χ1v) is 7.14. The topological polar surface area (TPSA) is 36.3 Å². The van der Waals surface area contributed by atoms with Gasteiger partial charge in [-0.1, -0.05) is 0 Å². The van der Waals surface area contributed by atoms with Crippen molar-refractivity contribution < 1.29 is 9.31 Å². The van der Waals surface area contributed by atoms with Gasteiger partial charge in [-0.2, -0.15) is 5.10 Å². The molecule has 1 aliphatic heterocycles. The van der Waals surface area contributed by atoms with E-state index in [0.717, 1.165) is 5.46 Å². The Morgan fingerprint density at radius 2 is 1.68 bits per heavy atom. The highest BCUT2D eigenvalue weighted by molar-refractivity contribution is 6.62. The molecule has 2 fully saturated rings. The Hall–Kier alpha value is -0.805. The predicted molar refractivity (Wildman–Crippen MR) is 75.4 cm³/mol. The van der Waals surface area contributed by atoms with Crippen molar-refractivity contribution in [3.05, 3.63) is 12.4 Å². The maximum absolute atomic E-state index is 6.05. The van der Waals surface area contributed by atoms with Crippen molar-refractivity contribution >= 4 is 12.6 Å². The van der Waals surface area contributed by atoms with Gasteiger partial charge in [-0.05, 0) is 53.9 Å². The molecule has 104 valence electrons. The molecule has 1 saturated carbocycles. The Morgan fingerprint density at radius 3 is 2.16 bits per heavy atom. The minimum atomic E-state index is -0.303.